The van der Waals surface area contributed by atoms with Gasteiger partial charge in [-0.15, -0.1) is 0 Å². The monoisotopic (exact) mass is 244 g/mol. The first-order valence-electron chi connectivity index (χ1n) is 6.32. The van der Waals surface area contributed by atoms with E-state index in [2.05, 4.69) is 16.9 Å². The molecule has 3 nitrogen and oxygen atoms in total. The van der Waals surface area contributed by atoms with E-state index < -0.39 is 0 Å². The van der Waals surface area contributed by atoms with E-state index >= 15 is 0 Å². The number of rotatable bonds is 8. The lowest BCUT2D eigenvalue weighted by Gasteiger charge is -2.10. The molecule has 0 aliphatic carbocycles. The van der Waals surface area contributed by atoms with Crippen LogP contribution < -0.4 is 10.6 Å². The molecular formula is C12H24N2OS. The van der Waals surface area contributed by atoms with Gasteiger partial charge in [-0.05, 0) is 44.2 Å². The van der Waals surface area contributed by atoms with Crippen LogP contribution in [0.5, 0.6) is 0 Å². The van der Waals surface area contributed by atoms with Crippen molar-refractivity contribution < 1.29 is 4.79 Å². The standard InChI is InChI=1S/C12H24N2OS/c1-16-9-4-2-3-7-14-12(15)10-11-6-5-8-13-11/h11,13H,2-10H2,1H3,(H,14,15). The highest BCUT2D eigenvalue weighted by atomic mass is 32.2. The number of thioether (sulfide) groups is 1. The van der Waals surface area contributed by atoms with Crippen molar-refractivity contribution >= 4 is 17.7 Å². The van der Waals surface area contributed by atoms with Gasteiger partial charge in [0.05, 0.1) is 0 Å². The first kappa shape index (κ1) is 13.8. The van der Waals surface area contributed by atoms with Crippen molar-refractivity contribution in [2.24, 2.45) is 0 Å². The number of nitrogens with one attached hydrogen (secondary N) is 2. The van der Waals surface area contributed by atoms with E-state index in [0.29, 0.717) is 12.5 Å². The van der Waals surface area contributed by atoms with Gasteiger partial charge >= 0.3 is 0 Å². The van der Waals surface area contributed by atoms with Gasteiger partial charge < -0.3 is 10.6 Å². The van der Waals surface area contributed by atoms with Crippen molar-refractivity contribution in [1.82, 2.24) is 10.6 Å². The van der Waals surface area contributed by atoms with Crippen molar-refractivity contribution in [3.63, 3.8) is 0 Å². The highest BCUT2D eigenvalue weighted by Gasteiger charge is 2.16. The van der Waals surface area contributed by atoms with Crippen molar-refractivity contribution in [2.45, 2.75) is 44.6 Å². The van der Waals surface area contributed by atoms with Crippen LogP contribution in [-0.4, -0.2) is 37.0 Å². The summed E-state index contributed by atoms with van der Waals surface area (Å²) < 4.78 is 0. The molecule has 1 unspecified atom stereocenters. The van der Waals surface area contributed by atoms with E-state index in [1.807, 2.05) is 11.8 Å². The first-order chi connectivity index (χ1) is 7.83. The summed E-state index contributed by atoms with van der Waals surface area (Å²) in [6, 6.07) is 0.427. The maximum atomic E-state index is 11.5. The van der Waals surface area contributed by atoms with Crippen molar-refractivity contribution in [2.75, 3.05) is 25.1 Å². The molecule has 0 aromatic heterocycles. The zero-order valence-corrected chi connectivity index (χ0v) is 11.1. The zero-order valence-electron chi connectivity index (χ0n) is 10.3. The topological polar surface area (TPSA) is 41.1 Å². The minimum Gasteiger partial charge on any atom is -0.356 e. The number of carbonyl (C=O) groups is 1. The lowest BCUT2D eigenvalue weighted by molar-refractivity contribution is -0.121. The van der Waals surface area contributed by atoms with E-state index in [9.17, 15) is 4.79 Å². The Morgan fingerprint density at radius 2 is 2.31 bits per heavy atom. The summed E-state index contributed by atoms with van der Waals surface area (Å²) in [5, 5.41) is 6.34. The molecule has 0 radical (unpaired) electrons. The van der Waals surface area contributed by atoms with Crippen LogP contribution in [0.15, 0.2) is 0 Å². The zero-order chi connectivity index (χ0) is 11.6. The van der Waals surface area contributed by atoms with Crippen molar-refractivity contribution in [3.8, 4) is 0 Å². The Kier molecular flexibility index (Phi) is 7.68. The van der Waals surface area contributed by atoms with Crippen LogP contribution in [0.1, 0.15) is 38.5 Å². The molecule has 0 bridgehead atoms. The molecular weight excluding hydrogens is 220 g/mol. The average Bonchev–Trinajstić information content (AvgIpc) is 2.76. The van der Waals surface area contributed by atoms with Gasteiger partial charge in [0.15, 0.2) is 0 Å². The molecule has 2 N–H and O–H groups in total. The molecule has 1 aliphatic rings. The summed E-state index contributed by atoms with van der Waals surface area (Å²) in [5.74, 6) is 1.45. The lowest BCUT2D eigenvalue weighted by atomic mass is 10.1. The van der Waals surface area contributed by atoms with E-state index in [1.165, 1.54) is 25.0 Å². The number of carbonyl (C=O) groups excluding carboxylic acids is 1. The number of hydrogen-bond donors (Lipinski definition) is 2. The predicted molar refractivity (Wildman–Crippen MR) is 70.9 cm³/mol. The number of hydrogen-bond acceptors (Lipinski definition) is 3. The predicted octanol–water partition coefficient (Wildman–Crippen LogP) is 1.78. The van der Waals surface area contributed by atoms with Gasteiger partial charge in [0.2, 0.25) is 5.91 Å². The van der Waals surface area contributed by atoms with Crippen LogP contribution in [0.25, 0.3) is 0 Å². The van der Waals surface area contributed by atoms with Gasteiger partial charge in [-0.25, -0.2) is 0 Å². The largest absolute Gasteiger partial charge is 0.356 e. The van der Waals surface area contributed by atoms with Crippen LogP contribution in [0.4, 0.5) is 0 Å². The summed E-state index contributed by atoms with van der Waals surface area (Å²) in [6.45, 7) is 1.92. The third-order valence-electron chi connectivity index (χ3n) is 2.94. The van der Waals surface area contributed by atoms with Gasteiger partial charge in [-0.2, -0.15) is 11.8 Å². The fraction of sp³-hybridized carbons (Fsp3) is 0.917. The van der Waals surface area contributed by atoms with Gasteiger partial charge in [-0.1, -0.05) is 6.42 Å². The van der Waals surface area contributed by atoms with Crippen LogP contribution in [-0.2, 0) is 4.79 Å². The average molecular weight is 244 g/mol. The Labute approximate surface area is 103 Å². The molecule has 0 aromatic carbocycles. The van der Waals surface area contributed by atoms with E-state index in [-0.39, 0.29) is 5.91 Å². The van der Waals surface area contributed by atoms with Gasteiger partial charge in [0, 0.05) is 19.0 Å². The first-order valence-corrected chi connectivity index (χ1v) is 7.71. The van der Waals surface area contributed by atoms with Crippen molar-refractivity contribution in [3.05, 3.63) is 0 Å². The Balaban J connectivity index is 1.89. The summed E-state index contributed by atoms with van der Waals surface area (Å²) in [4.78, 5) is 11.5. The van der Waals surface area contributed by atoms with Crippen molar-refractivity contribution in [1.29, 1.82) is 0 Å². The third kappa shape index (κ3) is 6.38. The summed E-state index contributed by atoms with van der Waals surface area (Å²) in [5.41, 5.74) is 0. The molecule has 0 aromatic rings. The summed E-state index contributed by atoms with van der Waals surface area (Å²) in [6.07, 6.45) is 8.77. The smallest absolute Gasteiger partial charge is 0.221 e. The van der Waals surface area contributed by atoms with Crippen LogP contribution in [0.2, 0.25) is 0 Å². The fourth-order valence-electron chi connectivity index (χ4n) is 2.00. The SMILES string of the molecule is CSCCCCCNC(=O)CC1CCCN1. The molecule has 0 saturated carbocycles. The summed E-state index contributed by atoms with van der Waals surface area (Å²) in [7, 11) is 0. The molecule has 1 fully saturated rings. The minimum atomic E-state index is 0.212. The Hall–Kier alpha value is -0.220. The van der Waals surface area contributed by atoms with Gasteiger partial charge in [0.25, 0.3) is 0 Å². The Bertz CT molecular complexity index is 193. The lowest BCUT2D eigenvalue weighted by Crippen LogP contribution is -2.32. The quantitative estimate of drug-likeness (QED) is 0.640. The van der Waals surface area contributed by atoms with Crippen LogP contribution >= 0.6 is 11.8 Å². The number of amides is 1. The molecule has 1 rings (SSSR count). The van der Waals surface area contributed by atoms with Gasteiger partial charge in [0.1, 0.15) is 0 Å². The maximum absolute atomic E-state index is 11.5. The second-order valence-corrected chi connectivity index (χ2v) is 5.39. The van der Waals surface area contributed by atoms with E-state index in [0.717, 1.165) is 25.9 Å². The second kappa shape index (κ2) is 8.88. The number of unbranched alkanes of at least 4 members (excludes halogenated alkanes) is 2. The highest BCUT2D eigenvalue weighted by molar-refractivity contribution is 7.98. The summed E-state index contributed by atoms with van der Waals surface area (Å²) >= 11 is 1.89. The molecule has 16 heavy (non-hydrogen) atoms. The maximum Gasteiger partial charge on any atom is 0.221 e. The van der Waals surface area contributed by atoms with Crippen LogP contribution in [0, 0.1) is 0 Å². The van der Waals surface area contributed by atoms with Gasteiger partial charge in [-0.3, -0.25) is 4.79 Å². The molecule has 1 saturated heterocycles. The molecule has 94 valence electrons. The molecule has 1 amide bonds. The Morgan fingerprint density at radius 3 is 3.00 bits per heavy atom. The molecule has 0 spiro atoms. The molecule has 1 atom stereocenters. The Morgan fingerprint density at radius 1 is 1.44 bits per heavy atom. The second-order valence-electron chi connectivity index (χ2n) is 4.40. The fourth-order valence-corrected chi connectivity index (χ4v) is 2.50. The van der Waals surface area contributed by atoms with Crippen LogP contribution in [0.3, 0.4) is 0 Å². The molecule has 1 heterocycles. The molecule has 4 heteroatoms. The third-order valence-corrected chi connectivity index (χ3v) is 3.64. The highest BCUT2D eigenvalue weighted by Crippen LogP contribution is 2.08. The minimum absolute atomic E-state index is 0.212. The normalized spacial score (nSPS) is 19.9. The van der Waals surface area contributed by atoms with E-state index in [4.69, 9.17) is 0 Å². The van der Waals surface area contributed by atoms with E-state index in [1.54, 1.807) is 0 Å². The molecule has 1 aliphatic heterocycles.